The largest absolute Gasteiger partial charge is 0.484 e. The van der Waals surface area contributed by atoms with Gasteiger partial charge in [-0.15, -0.1) is 0 Å². The van der Waals surface area contributed by atoms with Gasteiger partial charge in [-0.1, -0.05) is 0 Å². The van der Waals surface area contributed by atoms with Crippen LogP contribution >= 0.6 is 0 Å². The second-order valence-corrected chi connectivity index (χ2v) is 6.85. The Morgan fingerprint density at radius 3 is 2.91 bits per heavy atom. The summed E-state index contributed by atoms with van der Waals surface area (Å²) in [7, 11) is 0. The first-order valence-electron chi connectivity index (χ1n) is 7.81. The lowest BCUT2D eigenvalue weighted by Gasteiger charge is -2.20. The number of hydrogen-bond acceptors (Lipinski definition) is 4. The molecule has 1 aromatic carbocycles. The van der Waals surface area contributed by atoms with E-state index in [1.54, 1.807) is 22.8 Å². The van der Waals surface area contributed by atoms with Gasteiger partial charge in [0.1, 0.15) is 11.6 Å². The van der Waals surface area contributed by atoms with Crippen LogP contribution in [0.1, 0.15) is 33.0 Å². The number of rotatable bonds is 3. The Hall–Kier alpha value is -2.37. The molecular formula is C17H21N3O3. The maximum atomic E-state index is 12.5. The molecule has 0 saturated carbocycles. The van der Waals surface area contributed by atoms with Crippen LogP contribution in [0, 0.1) is 0 Å². The zero-order valence-electron chi connectivity index (χ0n) is 13.7. The molecule has 2 heterocycles. The molecular weight excluding hydrogens is 294 g/mol. The second-order valence-electron chi connectivity index (χ2n) is 6.85. The van der Waals surface area contributed by atoms with Gasteiger partial charge >= 0.3 is 0 Å². The molecule has 0 atom stereocenters. The fourth-order valence-electron chi connectivity index (χ4n) is 2.76. The van der Waals surface area contributed by atoms with Gasteiger partial charge in [-0.2, -0.15) is 0 Å². The number of aromatic nitrogens is 2. The van der Waals surface area contributed by atoms with Crippen LogP contribution in [0.4, 0.5) is 0 Å². The van der Waals surface area contributed by atoms with E-state index in [2.05, 4.69) is 10.3 Å². The molecule has 0 spiro atoms. The average molecular weight is 315 g/mol. The molecule has 0 aliphatic carbocycles. The molecule has 0 saturated heterocycles. The number of carbonyl (C=O) groups excluding carboxylic acids is 1. The summed E-state index contributed by atoms with van der Waals surface area (Å²) in [6, 6.07) is 5.18. The van der Waals surface area contributed by atoms with E-state index in [0.29, 0.717) is 16.7 Å². The summed E-state index contributed by atoms with van der Waals surface area (Å²) in [4.78, 5) is 28.8. The number of benzene rings is 1. The Kier molecular flexibility index (Phi) is 3.83. The zero-order valence-corrected chi connectivity index (χ0v) is 13.7. The zero-order chi connectivity index (χ0) is 16.6. The predicted molar refractivity (Wildman–Crippen MR) is 87.7 cm³/mol. The molecule has 1 amide bonds. The van der Waals surface area contributed by atoms with Gasteiger partial charge in [-0.25, -0.2) is 4.98 Å². The monoisotopic (exact) mass is 315 g/mol. The smallest absolute Gasteiger partial charge is 0.261 e. The minimum Gasteiger partial charge on any atom is -0.484 e. The molecule has 0 fully saturated rings. The minimum atomic E-state index is -0.298. The lowest BCUT2D eigenvalue weighted by Crippen LogP contribution is -2.43. The molecule has 6 heteroatoms. The van der Waals surface area contributed by atoms with Gasteiger partial charge in [0.15, 0.2) is 6.61 Å². The molecule has 1 aliphatic rings. The van der Waals surface area contributed by atoms with Gasteiger partial charge in [0.2, 0.25) is 0 Å². The average Bonchev–Trinajstić information content (AvgIpc) is 2.92. The number of nitrogens with one attached hydrogen (secondary N) is 1. The van der Waals surface area contributed by atoms with Gasteiger partial charge < -0.3 is 10.1 Å². The fourth-order valence-corrected chi connectivity index (χ4v) is 2.76. The number of carbonyl (C=O) groups is 1. The molecule has 1 N–H and O–H groups in total. The molecule has 2 aromatic rings. The van der Waals surface area contributed by atoms with E-state index in [1.165, 1.54) is 0 Å². The number of amides is 1. The molecule has 23 heavy (non-hydrogen) atoms. The summed E-state index contributed by atoms with van der Waals surface area (Å²) in [6.45, 7) is 6.37. The van der Waals surface area contributed by atoms with Crippen LogP contribution in [-0.2, 0) is 17.8 Å². The van der Waals surface area contributed by atoms with E-state index in [0.717, 1.165) is 25.2 Å². The minimum absolute atomic E-state index is 0.0351. The van der Waals surface area contributed by atoms with Crippen LogP contribution in [0.3, 0.4) is 0 Å². The summed E-state index contributed by atoms with van der Waals surface area (Å²) in [5.74, 6) is 1.15. The Balaban J connectivity index is 1.81. The van der Waals surface area contributed by atoms with Crippen molar-refractivity contribution in [1.82, 2.24) is 14.9 Å². The van der Waals surface area contributed by atoms with Crippen LogP contribution in [0.15, 0.2) is 23.0 Å². The number of nitrogens with zero attached hydrogens (tertiary/aromatic N) is 2. The van der Waals surface area contributed by atoms with E-state index in [1.807, 2.05) is 20.8 Å². The van der Waals surface area contributed by atoms with Crippen molar-refractivity contribution in [3.8, 4) is 5.75 Å². The van der Waals surface area contributed by atoms with Crippen LogP contribution < -0.4 is 15.6 Å². The van der Waals surface area contributed by atoms with Crippen molar-refractivity contribution in [2.75, 3.05) is 6.61 Å². The maximum absolute atomic E-state index is 12.5. The third-order valence-electron chi connectivity index (χ3n) is 3.67. The first kappa shape index (κ1) is 15.5. The van der Waals surface area contributed by atoms with Crippen LogP contribution in [0.5, 0.6) is 5.75 Å². The van der Waals surface area contributed by atoms with Crippen molar-refractivity contribution in [2.45, 2.75) is 45.7 Å². The molecule has 122 valence electrons. The first-order valence-corrected chi connectivity index (χ1v) is 7.81. The van der Waals surface area contributed by atoms with E-state index < -0.39 is 0 Å². The Morgan fingerprint density at radius 2 is 2.17 bits per heavy atom. The normalized spacial score (nSPS) is 13.9. The van der Waals surface area contributed by atoms with Crippen LogP contribution in [0.25, 0.3) is 10.9 Å². The second kappa shape index (κ2) is 5.68. The molecule has 0 radical (unpaired) electrons. The van der Waals surface area contributed by atoms with Crippen LogP contribution in [0.2, 0.25) is 0 Å². The highest BCUT2D eigenvalue weighted by molar-refractivity contribution is 5.80. The lowest BCUT2D eigenvalue weighted by atomic mass is 10.1. The fraction of sp³-hybridized carbons (Fsp3) is 0.471. The van der Waals surface area contributed by atoms with E-state index >= 15 is 0 Å². The van der Waals surface area contributed by atoms with E-state index in [-0.39, 0.29) is 23.6 Å². The number of fused-ring (bicyclic) bond motifs is 2. The van der Waals surface area contributed by atoms with Gasteiger partial charge in [0.05, 0.1) is 10.9 Å². The lowest BCUT2D eigenvalue weighted by molar-refractivity contribution is -0.124. The van der Waals surface area contributed by atoms with Crippen LogP contribution in [-0.4, -0.2) is 27.6 Å². The van der Waals surface area contributed by atoms with Crippen molar-refractivity contribution in [3.63, 3.8) is 0 Å². The van der Waals surface area contributed by atoms with Gasteiger partial charge in [0, 0.05) is 18.5 Å². The summed E-state index contributed by atoms with van der Waals surface area (Å²) < 4.78 is 7.23. The molecule has 3 rings (SSSR count). The predicted octanol–water partition coefficient (Wildman–Crippen LogP) is 1.64. The maximum Gasteiger partial charge on any atom is 0.261 e. The highest BCUT2D eigenvalue weighted by Gasteiger charge is 2.17. The molecule has 0 unspecified atom stereocenters. The van der Waals surface area contributed by atoms with Gasteiger partial charge in [-0.3, -0.25) is 14.2 Å². The molecule has 1 aliphatic heterocycles. The standard InChI is InChI=1S/C17H21N3O3/c1-17(2,3)19-15(21)10-23-11-6-7-13-12(9-11)16(22)20-8-4-5-14(20)18-13/h6-7,9H,4-5,8,10H2,1-3H3,(H,19,21). The van der Waals surface area contributed by atoms with Gasteiger partial charge in [-0.05, 0) is 45.4 Å². The van der Waals surface area contributed by atoms with E-state index in [4.69, 9.17) is 4.74 Å². The van der Waals surface area contributed by atoms with Crippen molar-refractivity contribution < 1.29 is 9.53 Å². The number of hydrogen-bond donors (Lipinski definition) is 1. The highest BCUT2D eigenvalue weighted by Crippen LogP contribution is 2.19. The third kappa shape index (κ3) is 3.36. The SMILES string of the molecule is CC(C)(C)NC(=O)COc1ccc2nc3n(c(=O)c2c1)CCC3. The van der Waals surface area contributed by atoms with Crippen molar-refractivity contribution in [1.29, 1.82) is 0 Å². The Labute approximate surface area is 134 Å². The van der Waals surface area contributed by atoms with Gasteiger partial charge in [0.25, 0.3) is 11.5 Å². The molecule has 1 aromatic heterocycles. The topological polar surface area (TPSA) is 73.2 Å². The Morgan fingerprint density at radius 1 is 1.39 bits per heavy atom. The molecule has 6 nitrogen and oxygen atoms in total. The Bertz CT molecular complexity index is 818. The van der Waals surface area contributed by atoms with Crippen molar-refractivity contribution in [3.05, 3.63) is 34.4 Å². The first-order chi connectivity index (χ1) is 10.8. The number of ether oxygens (including phenoxy) is 1. The summed E-state index contributed by atoms with van der Waals surface area (Å²) >= 11 is 0. The quantitative estimate of drug-likeness (QED) is 0.934. The highest BCUT2D eigenvalue weighted by atomic mass is 16.5. The third-order valence-corrected chi connectivity index (χ3v) is 3.67. The van der Waals surface area contributed by atoms with E-state index in [9.17, 15) is 9.59 Å². The summed E-state index contributed by atoms with van der Waals surface area (Å²) in [5.41, 5.74) is 0.342. The summed E-state index contributed by atoms with van der Waals surface area (Å²) in [6.07, 6.45) is 1.80. The molecule has 0 bridgehead atoms. The van der Waals surface area contributed by atoms with Crippen molar-refractivity contribution in [2.24, 2.45) is 0 Å². The number of aryl methyl sites for hydroxylation is 1. The summed E-state index contributed by atoms with van der Waals surface area (Å²) in [5, 5.41) is 3.36. The van der Waals surface area contributed by atoms with Crippen molar-refractivity contribution >= 4 is 16.8 Å².